The van der Waals surface area contributed by atoms with Gasteiger partial charge in [-0.15, -0.1) is 0 Å². The Kier molecular flexibility index (Phi) is 4.65. The van der Waals surface area contributed by atoms with Crippen LogP contribution in [0.15, 0.2) is 28.7 Å². The standard InChI is InChI=1S/C17H23BrN2O/c1-13-4-2-10-19(13)12-16-5-3-11-20(16)17(21)14-6-8-15(18)9-7-14/h6-9,13,16H,2-5,10-12H2,1H3/t13-,16-/m0/s1. The van der Waals surface area contributed by atoms with Gasteiger partial charge in [0.15, 0.2) is 0 Å². The molecule has 2 fully saturated rings. The third kappa shape index (κ3) is 3.32. The van der Waals surface area contributed by atoms with Crippen LogP contribution in [0.1, 0.15) is 43.0 Å². The maximum atomic E-state index is 12.7. The second-order valence-corrected chi connectivity index (χ2v) is 7.20. The van der Waals surface area contributed by atoms with Crippen LogP contribution in [0.3, 0.4) is 0 Å². The van der Waals surface area contributed by atoms with E-state index in [2.05, 4.69) is 32.7 Å². The van der Waals surface area contributed by atoms with Crippen molar-refractivity contribution in [1.29, 1.82) is 0 Å². The maximum absolute atomic E-state index is 12.7. The summed E-state index contributed by atoms with van der Waals surface area (Å²) in [5.74, 6) is 0.192. The summed E-state index contributed by atoms with van der Waals surface area (Å²) in [6, 6.07) is 8.79. The Labute approximate surface area is 135 Å². The zero-order valence-electron chi connectivity index (χ0n) is 12.6. The molecule has 0 unspecified atom stereocenters. The van der Waals surface area contributed by atoms with Crippen LogP contribution in [-0.2, 0) is 0 Å². The fourth-order valence-corrected chi connectivity index (χ4v) is 3.85. The van der Waals surface area contributed by atoms with Gasteiger partial charge in [0, 0.05) is 35.2 Å². The summed E-state index contributed by atoms with van der Waals surface area (Å²) in [6.45, 7) is 5.45. The van der Waals surface area contributed by atoms with Crippen molar-refractivity contribution in [3.8, 4) is 0 Å². The number of nitrogens with zero attached hydrogens (tertiary/aromatic N) is 2. The van der Waals surface area contributed by atoms with E-state index in [0.717, 1.165) is 36.0 Å². The molecule has 2 aliphatic rings. The van der Waals surface area contributed by atoms with E-state index < -0.39 is 0 Å². The first-order valence-electron chi connectivity index (χ1n) is 7.96. The molecule has 114 valence electrons. The first-order valence-corrected chi connectivity index (χ1v) is 8.75. The molecule has 3 rings (SSSR count). The summed E-state index contributed by atoms with van der Waals surface area (Å²) in [5, 5.41) is 0. The Bertz CT molecular complexity index is 502. The van der Waals surface area contributed by atoms with E-state index in [1.165, 1.54) is 19.4 Å². The average Bonchev–Trinajstić information content (AvgIpc) is 3.09. The number of halogens is 1. The van der Waals surface area contributed by atoms with Crippen molar-refractivity contribution in [2.45, 2.75) is 44.7 Å². The molecule has 0 spiro atoms. The molecule has 0 aromatic heterocycles. The van der Waals surface area contributed by atoms with Gasteiger partial charge in [0.1, 0.15) is 0 Å². The summed E-state index contributed by atoms with van der Waals surface area (Å²) < 4.78 is 1.02. The quantitative estimate of drug-likeness (QED) is 0.832. The zero-order chi connectivity index (χ0) is 14.8. The zero-order valence-corrected chi connectivity index (χ0v) is 14.2. The third-order valence-electron chi connectivity index (χ3n) is 4.87. The van der Waals surface area contributed by atoms with Crippen molar-refractivity contribution >= 4 is 21.8 Å². The van der Waals surface area contributed by atoms with Gasteiger partial charge in [-0.2, -0.15) is 0 Å². The molecule has 0 aliphatic carbocycles. The van der Waals surface area contributed by atoms with Crippen molar-refractivity contribution in [2.24, 2.45) is 0 Å². The molecule has 0 bridgehead atoms. The van der Waals surface area contributed by atoms with Gasteiger partial charge >= 0.3 is 0 Å². The number of hydrogen-bond acceptors (Lipinski definition) is 2. The van der Waals surface area contributed by atoms with Crippen LogP contribution in [0.25, 0.3) is 0 Å². The van der Waals surface area contributed by atoms with Crippen LogP contribution in [0, 0.1) is 0 Å². The lowest BCUT2D eigenvalue weighted by atomic mass is 10.1. The van der Waals surface area contributed by atoms with E-state index >= 15 is 0 Å². The maximum Gasteiger partial charge on any atom is 0.254 e. The normalized spacial score (nSPS) is 26.5. The van der Waals surface area contributed by atoms with E-state index in [1.54, 1.807) is 0 Å². The number of hydrogen-bond donors (Lipinski definition) is 0. The van der Waals surface area contributed by atoms with Gasteiger partial charge < -0.3 is 4.90 Å². The molecule has 21 heavy (non-hydrogen) atoms. The molecule has 2 saturated heterocycles. The number of rotatable bonds is 3. The number of carbonyl (C=O) groups excluding carboxylic acids is 1. The Morgan fingerprint density at radius 1 is 1.19 bits per heavy atom. The van der Waals surface area contributed by atoms with Crippen molar-refractivity contribution in [3.05, 3.63) is 34.3 Å². The highest BCUT2D eigenvalue weighted by atomic mass is 79.9. The molecular weight excluding hydrogens is 328 g/mol. The van der Waals surface area contributed by atoms with Crippen molar-refractivity contribution in [3.63, 3.8) is 0 Å². The fourth-order valence-electron chi connectivity index (χ4n) is 3.59. The highest BCUT2D eigenvalue weighted by molar-refractivity contribution is 9.10. The molecule has 0 N–H and O–H groups in total. The predicted molar refractivity (Wildman–Crippen MR) is 88.5 cm³/mol. The number of amides is 1. The van der Waals surface area contributed by atoms with Crippen LogP contribution < -0.4 is 0 Å². The molecule has 0 saturated carbocycles. The lowest BCUT2D eigenvalue weighted by Gasteiger charge is -2.30. The van der Waals surface area contributed by atoms with Crippen LogP contribution in [0.4, 0.5) is 0 Å². The van der Waals surface area contributed by atoms with Crippen LogP contribution in [-0.4, -0.2) is 47.4 Å². The van der Waals surface area contributed by atoms with Crippen molar-refractivity contribution in [1.82, 2.24) is 9.80 Å². The van der Waals surface area contributed by atoms with Gasteiger partial charge in [0.25, 0.3) is 5.91 Å². The monoisotopic (exact) mass is 350 g/mol. The van der Waals surface area contributed by atoms with Crippen molar-refractivity contribution in [2.75, 3.05) is 19.6 Å². The Morgan fingerprint density at radius 2 is 1.90 bits per heavy atom. The van der Waals surface area contributed by atoms with Crippen molar-refractivity contribution < 1.29 is 4.79 Å². The van der Waals surface area contributed by atoms with Crippen LogP contribution in [0.2, 0.25) is 0 Å². The minimum atomic E-state index is 0.192. The van der Waals surface area contributed by atoms with E-state index in [9.17, 15) is 4.79 Å². The molecule has 1 aromatic rings. The van der Waals surface area contributed by atoms with E-state index in [0.29, 0.717) is 12.1 Å². The first kappa shape index (κ1) is 15.0. The van der Waals surface area contributed by atoms with Gasteiger partial charge in [-0.3, -0.25) is 9.69 Å². The third-order valence-corrected chi connectivity index (χ3v) is 5.39. The number of likely N-dealkylation sites (tertiary alicyclic amines) is 2. The summed E-state index contributed by atoms with van der Waals surface area (Å²) in [5.41, 5.74) is 0.805. The van der Waals surface area contributed by atoms with Gasteiger partial charge in [0.2, 0.25) is 0 Å². The Hall–Kier alpha value is -0.870. The van der Waals surface area contributed by atoms with Gasteiger partial charge in [-0.25, -0.2) is 0 Å². The van der Waals surface area contributed by atoms with Crippen LogP contribution in [0.5, 0.6) is 0 Å². The summed E-state index contributed by atoms with van der Waals surface area (Å²) in [7, 11) is 0. The Morgan fingerprint density at radius 3 is 2.57 bits per heavy atom. The molecule has 2 atom stereocenters. The molecule has 2 aliphatic heterocycles. The van der Waals surface area contributed by atoms with Gasteiger partial charge in [-0.05, 0) is 63.4 Å². The molecular formula is C17H23BrN2O. The minimum absolute atomic E-state index is 0.192. The summed E-state index contributed by atoms with van der Waals surface area (Å²) in [6.07, 6.45) is 4.88. The number of carbonyl (C=O) groups is 1. The molecule has 1 aromatic carbocycles. The molecule has 1 amide bonds. The average molecular weight is 351 g/mol. The molecule has 3 nitrogen and oxygen atoms in total. The predicted octanol–water partition coefficient (Wildman–Crippen LogP) is 3.54. The molecule has 0 radical (unpaired) electrons. The fraction of sp³-hybridized carbons (Fsp3) is 0.588. The topological polar surface area (TPSA) is 23.6 Å². The second kappa shape index (κ2) is 6.49. The first-order chi connectivity index (χ1) is 10.1. The van der Waals surface area contributed by atoms with Gasteiger partial charge in [0.05, 0.1) is 0 Å². The molecule has 2 heterocycles. The SMILES string of the molecule is C[C@H]1CCCN1C[C@@H]1CCCN1C(=O)c1ccc(Br)cc1. The highest BCUT2D eigenvalue weighted by Crippen LogP contribution is 2.25. The van der Waals surface area contributed by atoms with Gasteiger partial charge in [-0.1, -0.05) is 15.9 Å². The Balaban J connectivity index is 1.68. The minimum Gasteiger partial charge on any atom is -0.334 e. The summed E-state index contributed by atoms with van der Waals surface area (Å²) in [4.78, 5) is 17.4. The van der Waals surface area contributed by atoms with E-state index in [1.807, 2.05) is 24.3 Å². The highest BCUT2D eigenvalue weighted by Gasteiger charge is 2.32. The van der Waals surface area contributed by atoms with E-state index in [-0.39, 0.29) is 5.91 Å². The smallest absolute Gasteiger partial charge is 0.254 e. The lowest BCUT2D eigenvalue weighted by molar-refractivity contribution is 0.0696. The summed E-state index contributed by atoms with van der Waals surface area (Å²) >= 11 is 3.42. The largest absolute Gasteiger partial charge is 0.334 e. The lowest BCUT2D eigenvalue weighted by Crippen LogP contribution is -2.44. The second-order valence-electron chi connectivity index (χ2n) is 6.29. The number of benzene rings is 1. The molecule has 4 heteroatoms. The van der Waals surface area contributed by atoms with Crippen LogP contribution >= 0.6 is 15.9 Å². The van der Waals surface area contributed by atoms with E-state index in [4.69, 9.17) is 0 Å².